The maximum absolute atomic E-state index is 11.9. The molecule has 94 valence electrons. The highest BCUT2D eigenvalue weighted by atomic mass is 35.5. The Morgan fingerprint density at radius 1 is 1.29 bits per heavy atom. The van der Waals surface area contributed by atoms with Gasteiger partial charge >= 0.3 is 0 Å². The molecule has 1 rings (SSSR count). The van der Waals surface area contributed by atoms with Gasteiger partial charge in [0, 0.05) is 11.1 Å². The Bertz CT molecular complexity index is 430. The number of hydrogen-bond acceptors (Lipinski definition) is 1. The van der Waals surface area contributed by atoms with Gasteiger partial charge in [-0.05, 0) is 18.2 Å². The molecule has 0 bridgehead atoms. The molecule has 0 atom stereocenters. The Hall–Kier alpha value is -0.540. The van der Waals surface area contributed by atoms with Gasteiger partial charge in [0.15, 0.2) is 5.78 Å². The number of ketones is 1. The summed E-state index contributed by atoms with van der Waals surface area (Å²) >= 11 is 11.6. The molecule has 1 N–H and O–H groups in total. The fraction of sp³-hybridized carbons (Fsp3) is 0.250. The standard InChI is InChI=1S/C12H13Cl2NO.ClH/c1-8(7-15(2)3)12(16)9-4-5-10(13)11(14)6-9;/h4-6H,1,7H2,2-3H3;1H. The molecule has 1 aromatic carbocycles. The molecule has 0 amide bonds. The van der Waals surface area contributed by atoms with E-state index in [1.54, 1.807) is 18.2 Å². The maximum Gasteiger partial charge on any atom is 0.194 e. The molecule has 0 heterocycles. The van der Waals surface area contributed by atoms with E-state index >= 15 is 0 Å². The quantitative estimate of drug-likeness (QED) is 0.551. The predicted octanol–water partition coefficient (Wildman–Crippen LogP) is -1.12. The molecule has 0 radical (unpaired) electrons. The second-order valence-corrected chi connectivity index (χ2v) is 4.76. The third kappa shape index (κ3) is 4.68. The van der Waals surface area contributed by atoms with E-state index < -0.39 is 0 Å². The number of benzene rings is 1. The molecule has 0 spiro atoms. The third-order valence-corrected chi connectivity index (χ3v) is 2.81. The first-order valence-electron chi connectivity index (χ1n) is 4.88. The van der Waals surface area contributed by atoms with Gasteiger partial charge in [-0.25, -0.2) is 0 Å². The number of likely N-dealkylation sites (N-methyl/N-ethyl adjacent to an activating group) is 1. The molecule has 0 aliphatic rings. The summed E-state index contributed by atoms with van der Waals surface area (Å²) in [5.74, 6) is -0.0835. The smallest absolute Gasteiger partial charge is 0.194 e. The molecule has 2 nitrogen and oxygen atoms in total. The van der Waals surface area contributed by atoms with E-state index in [0.29, 0.717) is 27.7 Å². The Balaban J connectivity index is 0.00000256. The van der Waals surface area contributed by atoms with Crippen LogP contribution in [-0.4, -0.2) is 26.4 Å². The maximum atomic E-state index is 11.9. The normalized spacial score (nSPS) is 9.94. The predicted molar refractivity (Wildman–Crippen MR) is 67.6 cm³/mol. The summed E-state index contributed by atoms with van der Waals surface area (Å²) in [4.78, 5) is 13.1. The van der Waals surface area contributed by atoms with Crippen LogP contribution in [0.2, 0.25) is 10.0 Å². The van der Waals surface area contributed by atoms with Crippen molar-refractivity contribution in [3.63, 3.8) is 0 Å². The van der Waals surface area contributed by atoms with Crippen molar-refractivity contribution >= 4 is 29.0 Å². The molecular formula is C12H14Cl3NO. The van der Waals surface area contributed by atoms with E-state index in [1.165, 1.54) is 0 Å². The van der Waals surface area contributed by atoms with Crippen molar-refractivity contribution < 1.29 is 22.1 Å². The van der Waals surface area contributed by atoms with Crippen LogP contribution in [0.25, 0.3) is 0 Å². The number of nitrogens with one attached hydrogen (secondary N) is 1. The number of carbonyl (C=O) groups excluding carboxylic acids is 1. The van der Waals surface area contributed by atoms with E-state index in [-0.39, 0.29) is 18.2 Å². The van der Waals surface area contributed by atoms with Gasteiger partial charge in [0.25, 0.3) is 0 Å². The summed E-state index contributed by atoms with van der Waals surface area (Å²) in [6.45, 7) is 4.39. The molecule has 0 saturated heterocycles. The van der Waals surface area contributed by atoms with Crippen molar-refractivity contribution in [2.75, 3.05) is 20.6 Å². The average molecular weight is 295 g/mol. The van der Waals surface area contributed by atoms with Crippen molar-refractivity contribution in [2.45, 2.75) is 0 Å². The molecular weight excluding hydrogens is 280 g/mol. The molecule has 17 heavy (non-hydrogen) atoms. The van der Waals surface area contributed by atoms with Crippen molar-refractivity contribution in [1.82, 2.24) is 0 Å². The Morgan fingerprint density at radius 2 is 1.88 bits per heavy atom. The SMILES string of the molecule is C=C(C[NH+](C)C)C(=O)c1ccc(Cl)c(Cl)c1.[Cl-]. The monoisotopic (exact) mass is 293 g/mol. The van der Waals surface area contributed by atoms with Gasteiger partial charge in [-0.1, -0.05) is 29.8 Å². The van der Waals surface area contributed by atoms with Gasteiger partial charge in [0.2, 0.25) is 0 Å². The van der Waals surface area contributed by atoms with Crippen LogP contribution >= 0.6 is 23.2 Å². The zero-order valence-electron chi connectivity index (χ0n) is 9.69. The largest absolute Gasteiger partial charge is 1.00 e. The lowest BCUT2D eigenvalue weighted by Gasteiger charge is -2.09. The topological polar surface area (TPSA) is 21.5 Å². The molecule has 1 aromatic rings. The number of carbonyl (C=O) groups is 1. The van der Waals surface area contributed by atoms with E-state index in [9.17, 15) is 4.79 Å². The van der Waals surface area contributed by atoms with Gasteiger partial charge in [-0.15, -0.1) is 0 Å². The Labute approximate surface area is 118 Å². The number of quaternary nitrogens is 1. The van der Waals surface area contributed by atoms with Crippen molar-refractivity contribution in [3.05, 3.63) is 46.0 Å². The Kier molecular flexibility index (Phi) is 6.80. The van der Waals surface area contributed by atoms with Crippen molar-refractivity contribution in [1.29, 1.82) is 0 Å². The summed E-state index contributed by atoms with van der Waals surface area (Å²) in [5.41, 5.74) is 1.10. The fourth-order valence-corrected chi connectivity index (χ4v) is 1.65. The fourth-order valence-electron chi connectivity index (χ4n) is 1.35. The molecule has 0 aliphatic carbocycles. The first-order valence-corrected chi connectivity index (χ1v) is 5.64. The first kappa shape index (κ1) is 16.5. The van der Waals surface area contributed by atoms with Crippen molar-refractivity contribution in [2.24, 2.45) is 0 Å². The molecule has 0 fully saturated rings. The summed E-state index contributed by atoms with van der Waals surface area (Å²) in [6.07, 6.45) is 0. The highest BCUT2D eigenvalue weighted by Gasteiger charge is 2.13. The van der Waals surface area contributed by atoms with Gasteiger partial charge in [-0.2, -0.15) is 0 Å². The van der Waals surface area contributed by atoms with E-state index in [1.807, 2.05) is 14.1 Å². The second-order valence-electron chi connectivity index (χ2n) is 3.95. The van der Waals surface area contributed by atoms with E-state index in [0.717, 1.165) is 4.90 Å². The zero-order chi connectivity index (χ0) is 12.3. The molecule has 0 aliphatic heterocycles. The number of halogens is 3. The van der Waals surface area contributed by atoms with E-state index in [4.69, 9.17) is 23.2 Å². The van der Waals surface area contributed by atoms with Crippen molar-refractivity contribution in [3.8, 4) is 0 Å². The van der Waals surface area contributed by atoms with Gasteiger partial charge < -0.3 is 17.3 Å². The number of hydrogen-bond donors (Lipinski definition) is 1. The van der Waals surface area contributed by atoms with Crippen LogP contribution in [0, 0.1) is 0 Å². The highest BCUT2D eigenvalue weighted by Crippen LogP contribution is 2.23. The number of rotatable bonds is 4. The minimum atomic E-state index is -0.0835. The summed E-state index contributed by atoms with van der Waals surface area (Å²) in [5, 5.41) is 0.833. The van der Waals surface area contributed by atoms with Gasteiger partial charge in [0.1, 0.15) is 6.54 Å². The van der Waals surface area contributed by atoms with Crippen LogP contribution in [0.3, 0.4) is 0 Å². The lowest BCUT2D eigenvalue weighted by molar-refractivity contribution is -0.852. The van der Waals surface area contributed by atoms with Crippen LogP contribution in [0.5, 0.6) is 0 Å². The molecule has 5 heteroatoms. The van der Waals surface area contributed by atoms with Crippen LogP contribution in [0.4, 0.5) is 0 Å². The first-order chi connectivity index (χ1) is 7.41. The highest BCUT2D eigenvalue weighted by molar-refractivity contribution is 6.42. The van der Waals surface area contributed by atoms with Gasteiger partial charge in [0.05, 0.1) is 24.1 Å². The summed E-state index contributed by atoms with van der Waals surface area (Å²) in [6, 6.07) is 4.85. The minimum absolute atomic E-state index is 0. The molecule has 0 unspecified atom stereocenters. The van der Waals surface area contributed by atoms with Crippen LogP contribution in [0.15, 0.2) is 30.4 Å². The lowest BCUT2D eigenvalue weighted by atomic mass is 10.0. The Morgan fingerprint density at radius 3 is 2.35 bits per heavy atom. The summed E-state index contributed by atoms with van der Waals surface area (Å²) < 4.78 is 0. The zero-order valence-corrected chi connectivity index (χ0v) is 12.0. The molecule has 0 saturated carbocycles. The average Bonchev–Trinajstić information content (AvgIpc) is 2.20. The van der Waals surface area contributed by atoms with Gasteiger partial charge in [-0.3, -0.25) is 4.79 Å². The third-order valence-electron chi connectivity index (χ3n) is 2.07. The second kappa shape index (κ2) is 7.02. The minimum Gasteiger partial charge on any atom is -1.00 e. The van der Waals surface area contributed by atoms with E-state index in [2.05, 4.69) is 6.58 Å². The lowest BCUT2D eigenvalue weighted by Crippen LogP contribution is -3.06. The van der Waals surface area contributed by atoms with Crippen LogP contribution in [-0.2, 0) is 0 Å². The molecule has 0 aromatic heterocycles. The van der Waals surface area contributed by atoms with Crippen LogP contribution in [0.1, 0.15) is 10.4 Å². The number of Topliss-reactive ketones (excluding diaryl/α,β-unsaturated/α-hetero) is 1. The summed E-state index contributed by atoms with van der Waals surface area (Å²) in [7, 11) is 3.93. The van der Waals surface area contributed by atoms with Crippen LogP contribution < -0.4 is 17.3 Å².